The van der Waals surface area contributed by atoms with E-state index in [-0.39, 0.29) is 13.2 Å². The summed E-state index contributed by atoms with van der Waals surface area (Å²) in [5, 5.41) is 2.32. The first-order valence-corrected chi connectivity index (χ1v) is 8.10. The molecule has 0 aliphatic heterocycles. The van der Waals surface area contributed by atoms with Crippen LogP contribution in [0.5, 0.6) is 0 Å². The molecule has 1 aromatic rings. The Morgan fingerprint density at radius 1 is 1.28 bits per heavy atom. The lowest BCUT2D eigenvalue weighted by molar-refractivity contribution is 0.0959. The summed E-state index contributed by atoms with van der Waals surface area (Å²) >= 11 is 2.04. The van der Waals surface area contributed by atoms with E-state index in [1.807, 2.05) is 28.7 Å². The van der Waals surface area contributed by atoms with Crippen LogP contribution in [-0.2, 0) is 13.6 Å². The molecule has 0 aliphatic rings. The van der Waals surface area contributed by atoms with Crippen LogP contribution in [-0.4, -0.2) is 19.1 Å². The molecule has 0 heterocycles. The van der Waals surface area contributed by atoms with Gasteiger partial charge in [-0.2, -0.15) is 0 Å². The Hall–Kier alpha value is -0.430. The molecular weight excluding hydrogens is 368 g/mol. The summed E-state index contributed by atoms with van der Waals surface area (Å²) in [5.41, 5.74) is 0.442. The van der Waals surface area contributed by atoms with Crippen molar-refractivity contribution >= 4 is 36.2 Å². The van der Waals surface area contributed by atoms with Crippen LogP contribution in [0.1, 0.15) is 24.2 Å². The van der Waals surface area contributed by atoms with Gasteiger partial charge in [0.2, 0.25) is 0 Å². The number of carbonyl (C=O) groups is 1. The molecule has 0 aliphatic carbocycles. The Kier molecular flexibility index (Phi) is 6.28. The molecule has 1 amide bonds. The van der Waals surface area contributed by atoms with Crippen molar-refractivity contribution in [2.75, 3.05) is 13.2 Å². The normalized spacial score (nSPS) is 11.3. The van der Waals surface area contributed by atoms with Crippen molar-refractivity contribution in [3.63, 3.8) is 0 Å². The maximum absolute atomic E-state index is 12.1. The Morgan fingerprint density at radius 3 is 2.33 bits per heavy atom. The zero-order valence-corrected chi connectivity index (χ0v) is 13.2. The maximum Gasteiger partial charge on any atom is 0.435 e. The summed E-state index contributed by atoms with van der Waals surface area (Å²) in [4.78, 5) is 12.0. The highest BCUT2D eigenvalue weighted by molar-refractivity contribution is 14.1. The molecule has 0 aromatic heterocycles. The minimum atomic E-state index is -3.56. The Labute approximate surface area is 120 Å². The summed E-state index contributed by atoms with van der Waals surface area (Å²) in [6.07, 6.45) is 0. The van der Waals surface area contributed by atoms with Gasteiger partial charge in [-0.3, -0.25) is 18.9 Å². The molecule has 18 heavy (non-hydrogen) atoms. The lowest BCUT2D eigenvalue weighted by atomic mass is 10.2. The summed E-state index contributed by atoms with van der Waals surface area (Å²) in [6, 6.07) is 7.01. The molecule has 1 rings (SSSR count). The minimum Gasteiger partial charge on any atom is -0.293 e. The van der Waals surface area contributed by atoms with Crippen LogP contribution in [0.2, 0.25) is 0 Å². The average molecular weight is 383 g/mol. The van der Waals surface area contributed by atoms with Gasteiger partial charge in [0.05, 0.1) is 18.8 Å². The molecule has 0 atom stereocenters. The highest BCUT2D eigenvalue weighted by Gasteiger charge is 2.27. The van der Waals surface area contributed by atoms with Crippen LogP contribution in [0.3, 0.4) is 0 Å². The summed E-state index contributed by atoms with van der Waals surface area (Å²) < 4.78 is 22.9. The molecule has 0 bridgehead atoms. The Bertz CT molecular complexity index is 456. The van der Waals surface area contributed by atoms with Gasteiger partial charge in [0.1, 0.15) is 0 Å². The first-order chi connectivity index (χ1) is 8.52. The lowest BCUT2D eigenvalue weighted by Crippen LogP contribution is -2.23. The fraction of sp³-hybridized carbons (Fsp3) is 0.364. The van der Waals surface area contributed by atoms with Crippen molar-refractivity contribution < 1.29 is 18.4 Å². The van der Waals surface area contributed by atoms with Gasteiger partial charge in [0, 0.05) is 3.57 Å². The minimum absolute atomic E-state index is 0.198. The van der Waals surface area contributed by atoms with E-state index in [0.717, 1.165) is 3.57 Å². The SMILES string of the molecule is CCOP(=O)(NC(=O)c1ccccc1I)OCC. The fourth-order valence-corrected chi connectivity index (χ4v) is 3.16. The standard InChI is InChI=1S/C11H15INO4P/c1-3-16-18(15,17-4-2)13-11(14)9-7-5-6-8-10(9)12/h5-8H,3-4H2,1-2H3,(H,13,14,15). The second-order valence-electron chi connectivity index (χ2n) is 3.25. The van der Waals surface area contributed by atoms with E-state index in [4.69, 9.17) is 9.05 Å². The average Bonchev–Trinajstić information content (AvgIpc) is 2.29. The number of carbonyl (C=O) groups excluding carboxylic acids is 1. The van der Waals surface area contributed by atoms with Crippen molar-refractivity contribution in [1.82, 2.24) is 5.09 Å². The molecule has 1 N–H and O–H groups in total. The van der Waals surface area contributed by atoms with E-state index in [1.54, 1.807) is 32.0 Å². The number of halogens is 1. The number of benzene rings is 1. The van der Waals surface area contributed by atoms with Crippen molar-refractivity contribution in [3.05, 3.63) is 33.4 Å². The quantitative estimate of drug-likeness (QED) is 0.606. The highest BCUT2D eigenvalue weighted by atomic mass is 127. The summed E-state index contributed by atoms with van der Waals surface area (Å²) in [5.74, 6) is -0.467. The smallest absolute Gasteiger partial charge is 0.293 e. The van der Waals surface area contributed by atoms with Gasteiger partial charge in [-0.15, -0.1) is 0 Å². The van der Waals surface area contributed by atoms with E-state index in [1.165, 1.54) is 0 Å². The zero-order valence-electron chi connectivity index (χ0n) is 10.2. The molecule has 0 spiro atoms. The van der Waals surface area contributed by atoms with E-state index in [2.05, 4.69) is 5.09 Å². The molecule has 1 aromatic carbocycles. The predicted molar refractivity (Wildman–Crippen MR) is 77.5 cm³/mol. The molecule has 0 saturated carbocycles. The molecule has 5 nitrogen and oxygen atoms in total. The molecular formula is C11H15INO4P. The topological polar surface area (TPSA) is 64.6 Å². The monoisotopic (exact) mass is 383 g/mol. The summed E-state index contributed by atoms with van der Waals surface area (Å²) in [7, 11) is -3.56. The van der Waals surface area contributed by atoms with E-state index in [9.17, 15) is 9.36 Å². The predicted octanol–water partition coefficient (Wildman–Crippen LogP) is 3.20. The Morgan fingerprint density at radius 2 is 1.83 bits per heavy atom. The van der Waals surface area contributed by atoms with Crippen molar-refractivity contribution in [1.29, 1.82) is 0 Å². The zero-order chi connectivity index (χ0) is 13.6. The van der Waals surface area contributed by atoms with E-state index >= 15 is 0 Å². The molecule has 7 heteroatoms. The van der Waals surface area contributed by atoms with Gasteiger partial charge in [-0.05, 0) is 48.6 Å². The van der Waals surface area contributed by atoms with Crippen LogP contribution in [0, 0.1) is 3.57 Å². The third-order valence-corrected chi connectivity index (χ3v) is 4.57. The van der Waals surface area contributed by atoms with Gasteiger partial charge in [0.15, 0.2) is 0 Å². The van der Waals surface area contributed by atoms with Crippen LogP contribution < -0.4 is 5.09 Å². The highest BCUT2D eigenvalue weighted by Crippen LogP contribution is 2.43. The van der Waals surface area contributed by atoms with E-state index < -0.39 is 13.7 Å². The first-order valence-electron chi connectivity index (χ1n) is 5.48. The third-order valence-electron chi connectivity index (χ3n) is 1.96. The van der Waals surface area contributed by atoms with Crippen molar-refractivity contribution in [3.8, 4) is 0 Å². The Balaban J connectivity index is 2.85. The van der Waals surface area contributed by atoms with E-state index in [0.29, 0.717) is 5.56 Å². The fourth-order valence-electron chi connectivity index (χ4n) is 1.27. The first kappa shape index (κ1) is 15.6. The molecule has 0 radical (unpaired) electrons. The van der Waals surface area contributed by atoms with Crippen molar-refractivity contribution in [2.45, 2.75) is 13.8 Å². The number of amides is 1. The van der Waals surface area contributed by atoms with Gasteiger partial charge >= 0.3 is 7.75 Å². The summed E-state index contributed by atoms with van der Waals surface area (Å²) in [6.45, 7) is 3.76. The van der Waals surface area contributed by atoms with Crippen LogP contribution >= 0.6 is 30.3 Å². The second-order valence-corrected chi connectivity index (χ2v) is 6.15. The number of hydrogen-bond acceptors (Lipinski definition) is 4. The largest absolute Gasteiger partial charge is 0.435 e. The van der Waals surface area contributed by atoms with Crippen LogP contribution in [0.25, 0.3) is 0 Å². The van der Waals surface area contributed by atoms with Gasteiger partial charge < -0.3 is 0 Å². The van der Waals surface area contributed by atoms with Gasteiger partial charge in [-0.25, -0.2) is 4.57 Å². The number of nitrogens with one attached hydrogen (secondary N) is 1. The van der Waals surface area contributed by atoms with Crippen molar-refractivity contribution in [2.24, 2.45) is 0 Å². The molecule has 0 fully saturated rings. The molecule has 0 unspecified atom stereocenters. The van der Waals surface area contributed by atoms with Crippen LogP contribution in [0.4, 0.5) is 0 Å². The lowest BCUT2D eigenvalue weighted by Gasteiger charge is -2.17. The van der Waals surface area contributed by atoms with Crippen LogP contribution in [0.15, 0.2) is 24.3 Å². The third kappa shape index (κ3) is 4.35. The number of hydrogen-bond donors (Lipinski definition) is 1. The second kappa shape index (κ2) is 7.23. The van der Waals surface area contributed by atoms with Gasteiger partial charge in [-0.1, -0.05) is 12.1 Å². The molecule has 0 saturated heterocycles. The molecule has 100 valence electrons. The van der Waals surface area contributed by atoms with Gasteiger partial charge in [0.25, 0.3) is 5.91 Å². The maximum atomic E-state index is 12.1. The number of rotatable bonds is 6.